The fourth-order valence-corrected chi connectivity index (χ4v) is 3.61. The Labute approximate surface area is 122 Å². The Morgan fingerprint density at radius 3 is 2.50 bits per heavy atom. The highest BCUT2D eigenvalue weighted by molar-refractivity contribution is 7.18. The molecule has 2 rings (SSSR count). The summed E-state index contributed by atoms with van der Waals surface area (Å²) in [5.41, 5.74) is 7.71. The van der Waals surface area contributed by atoms with Crippen LogP contribution in [-0.2, 0) is 0 Å². The molecule has 0 aliphatic heterocycles. The van der Waals surface area contributed by atoms with E-state index in [-0.39, 0.29) is 28.5 Å². The number of nitrogens with zero attached hydrogens (tertiary/aromatic N) is 2. The molecule has 0 radical (unpaired) electrons. The summed E-state index contributed by atoms with van der Waals surface area (Å²) in [4.78, 5) is 15.5. The van der Waals surface area contributed by atoms with E-state index in [1.54, 1.807) is 6.07 Å². The Morgan fingerprint density at radius 1 is 1.35 bits per heavy atom. The Hall–Kier alpha value is -1.53. The summed E-state index contributed by atoms with van der Waals surface area (Å²) in [6.45, 7) is 7.87. The molecule has 1 aromatic heterocycles. The van der Waals surface area contributed by atoms with Crippen LogP contribution in [0.25, 0.3) is 10.2 Å². The molecule has 2 N–H and O–H groups in total. The molecular weight excluding hydrogens is 274 g/mol. The lowest BCUT2D eigenvalue weighted by Crippen LogP contribution is -2.29. The second kappa shape index (κ2) is 5.46. The van der Waals surface area contributed by atoms with Crippen molar-refractivity contribution in [2.45, 2.75) is 39.7 Å². The number of nitro benzene ring substituents is 1. The third-order valence-corrected chi connectivity index (χ3v) is 4.42. The van der Waals surface area contributed by atoms with Crippen molar-refractivity contribution in [3.8, 4) is 0 Å². The number of nitro groups is 1. The first kappa shape index (κ1) is 14.9. The number of aromatic nitrogens is 1. The third kappa shape index (κ3) is 2.66. The molecule has 0 aliphatic rings. The van der Waals surface area contributed by atoms with Gasteiger partial charge in [0.05, 0.1) is 20.1 Å². The molecule has 1 aromatic carbocycles. The number of fused-ring (bicyclic) bond motifs is 1. The van der Waals surface area contributed by atoms with Crippen LogP contribution in [0.4, 0.5) is 5.69 Å². The molecule has 0 saturated heterocycles. The second-order valence-electron chi connectivity index (χ2n) is 5.50. The van der Waals surface area contributed by atoms with E-state index in [9.17, 15) is 10.1 Å². The summed E-state index contributed by atoms with van der Waals surface area (Å²) in [5.74, 6) is 0.174. The van der Waals surface area contributed by atoms with E-state index in [4.69, 9.17) is 5.73 Å². The molecule has 20 heavy (non-hydrogen) atoms. The molecule has 5 nitrogen and oxygen atoms in total. The number of rotatable bonds is 4. The Balaban J connectivity index is 2.70. The minimum Gasteiger partial charge on any atom is -0.327 e. The van der Waals surface area contributed by atoms with Crippen molar-refractivity contribution in [2.24, 2.45) is 11.7 Å². The molecule has 108 valence electrons. The van der Waals surface area contributed by atoms with E-state index < -0.39 is 0 Å². The van der Waals surface area contributed by atoms with E-state index in [0.717, 1.165) is 15.2 Å². The first-order valence-electron chi connectivity index (χ1n) is 6.62. The van der Waals surface area contributed by atoms with Gasteiger partial charge >= 0.3 is 0 Å². The topological polar surface area (TPSA) is 82.0 Å². The SMILES string of the molecule is Cc1nc2cc(C(C(C)C)C(C)N)c([N+](=O)[O-])cc2s1. The van der Waals surface area contributed by atoms with Crippen LogP contribution in [0, 0.1) is 23.0 Å². The van der Waals surface area contributed by atoms with Crippen LogP contribution in [0.1, 0.15) is 37.3 Å². The van der Waals surface area contributed by atoms with Crippen LogP contribution >= 0.6 is 11.3 Å². The van der Waals surface area contributed by atoms with Gasteiger partial charge in [-0.3, -0.25) is 10.1 Å². The van der Waals surface area contributed by atoms with Crippen LogP contribution in [0.5, 0.6) is 0 Å². The summed E-state index contributed by atoms with van der Waals surface area (Å²) < 4.78 is 0.852. The Bertz CT molecular complexity index is 641. The van der Waals surface area contributed by atoms with Gasteiger partial charge in [0.15, 0.2) is 0 Å². The number of aryl methyl sites for hydroxylation is 1. The lowest BCUT2D eigenvalue weighted by Gasteiger charge is -2.24. The van der Waals surface area contributed by atoms with Crippen molar-refractivity contribution in [1.29, 1.82) is 0 Å². The molecule has 0 spiro atoms. The van der Waals surface area contributed by atoms with Crippen molar-refractivity contribution in [3.63, 3.8) is 0 Å². The van der Waals surface area contributed by atoms with Crippen molar-refractivity contribution in [1.82, 2.24) is 4.98 Å². The maximum absolute atomic E-state index is 11.4. The van der Waals surface area contributed by atoms with Gasteiger partial charge in [-0.25, -0.2) is 4.98 Å². The number of hydrogen-bond acceptors (Lipinski definition) is 5. The molecular formula is C14H19N3O2S. The average molecular weight is 293 g/mol. The van der Waals surface area contributed by atoms with Crippen LogP contribution in [-0.4, -0.2) is 15.9 Å². The quantitative estimate of drug-likeness (QED) is 0.689. The van der Waals surface area contributed by atoms with Crippen LogP contribution in [0.15, 0.2) is 12.1 Å². The number of hydrogen-bond donors (Lipinski definition) is 1. The average Bonchev–Trinajstić information content (AvgIpc) is 2.65. The van der Waals surface area contributed by atoms with Gasteiger partial charge in [-0.05, 0) is 25.8 Å². The summed E-state index contributed by atoms with van der Waals surface area (Å²) >= 11 is 1.47. The van der Waals surface area contributed by atoms with Crippen molar-refractivity contribution >= 4 is 27.2 Å². The third-order valence-electron chi connectivity index (χ3n) is 3.48. The normalized spacial score (nSPS) is 14.7. The molecule has 6 heteroatoms. The minimum absolute atomic E-state index is 0.0539. The van der Waals surface area contributed by atoms with Crippen molar-refractivity contribution in [3.05, 3.63) is 32.8 Å². The number of thiazole rings is 1. The van der Waals surface area contributed by atoms with E-state index in [2.05, 4.69) is 4.98 Å². The molecule has 0 amide bonds. The van der Waals surface area contributed by atoms with Gasteiger partial charge in [0.25, 0.3) is 5.69 Å². The van der Waals surface area contributed by atoms with Crippen molar-refractivity contribution < 1.29 is 4.92 Å². The molecule has 1 heterocycles. The maximum atomic E-state index is 11.4. The predicted molar refractivity (Wildman–Crippen MR) is 82.2 cm³/mol. The Kier molecular flexibility index (Phi) is 4.06. The minimum atomic E-state index is -0.318. The van der Waals surface area contributed by atoms with Gasteiger partial charge < -0.3 is 5.73 Å². The molecule has 0 saturated carbocycles. The lowest BCUT2D eigenvalue weighted by molar-refractivity contribution is -0.385. The molecule has 0 bridgehead atoms. The largest absolute Gasteiger partial charge is 0.327 e. The fraction of sp³-hybridized carbons (Fsp3) is 0.500. The molecule has 0 aliphatic carbocycles. The summed E-state index contributed by atoms with van der Waals surface area (Å²) in [6.07, 6.45) is 0. The summed E-state index contributed by atoms with van der Waals surface area (Å²) in [7, 11) is 0. The van der Waals surface area contributed by atoms with Gasteiger partial charge in [0.1, 0.15) is 0 Å². The van der Waals surface area contributed by atoms with Crippen LogP contribution in [0.3, 0.4) is 0 Å². The smallest absolute Gasteiger partial charge is 0.274 e. The standard InChI is InChI=1S/C14H19N3O2S/c1-7(2)14(8(3)15)10-5-11-13(20-9(4)16-11)6-12(10)17(18)19/h5-8,14H,15H2,1-4H3. The predicted octanol–water partition coefficient (Wildman–Crippen LogP) is 3.60. The summed E-state index contributed by atoms with van der Waals surface area (Å²) in [6, 6.07) is 3.32. The van der Waals surface area contributed by atoms with Gasteiger partial charge in [0.2, 0.25) is 0 Å². The first-order valence-corrected chi connectivity index (χ1v) is 7.44. The number of benzene rings is 1. The fourth-order valence-electron chi connectivity index (χ4n) is 2.77. The van der Waals surface area contributed by atoms with E-state index >= 15 is 0 Å². The molecule has 0 fully saturated rings. The van der Waals surface area contributed by atoms with Gasteiger partial charge in [-0.15, -0.1) is 11.3 Å². The van der Waals surface area contributed by atoms with Gasteiger partial charge in [-0.1, -0.05) is 13.8 Å². The summed E-state index contributed by atoms with van der Waals surface area (Å²) in [5, 5.41) is 12.3. The van der Waals surface area contributed by atoms with E-state index in [0.29, 0.717) is 5.56 Å². The zero-order valence-corrected chi connectivity index (χ0v) is 12.9. The first-order chi connectivity index (χ1) is 9.31. The van der Waals surface area contributed by atoms with Gasteiger partial charge in [0, 0.05) is 23.6 Å². The zero-order chi connectivity index (χ0) is 15.0. The van der Waals surface area contributed by atoms with E-state index in [1.807, 2.05) is 33.8 Å². The van der Waals surface area contributed by atoms with Gasteiger partial charge in [-0.2, -0.15) is 0 Å². The second-order valence-corrected chi connectivity index (χ2v) is 6.73. The lowest BCUT2D eigenvalue weighted by atomic mass is 9.82. The van der Waals surface area contributed by atoms with Crippen molar-refractivity contribution in [2.75, 3.05) is 0 Å². The van der Waals surface area contributed by atoms with E-state index in [1.165, 1.54) is 11.3 Å². The highest BCUT2D eigenvalue weighted by Crippen LogP contribution is 2.37. The zero-order valence-electron chi connectivity index (χ0n) is 12.1. The highest BCUT2D eigenvalue weighted by atomic mass is 32.1. The Morgan fingerprint density at radius 2 is 2.00 bits per heavy atom. The molecule has 2 unspecified atom stereocenters. The number of nitrogens with two attached hydrogens (primary N) is 1. The molecule has 2 atom stereocenters. The highest BCUT2D eigenvalue weighted by Gasteiger charge is 2.28. The van der Waals surface area contributed by atoms with Crippen LogP contribution < -0.4 is 5.73 Å². The maximum Gasteiger partial charge on any atom is 0.274 e. The monoisotopic (exact) mass is 293 g/mol. The van der Waals surface area contributed by atoms with Crippen LogP contribution in [0.2, 0.25) is 0 Å². The molecule has 2 aromatic rings.